The van der Waals surface area contributed by atoms with Crippen molar-refractivity contribution in [1.82, 2.24) is 0 Å². The molecular weight excluding hydrogens is 273 g/mol. The first-order valence-electron chi connectivity index (χ1n) is 6.39. The molecule has 20 heavy (non-hydrogen) atoms. The summed E-state index contributed by atoms with van der Waals surface area (Å²) in [6, 6.07) is 12.6. The van der Waals surface area contributed by atoms with Crippen molar-refractivity contribution < 1.29 is 9.13 Å². The van der Waals surface area contributed by atoms with E-state index in [4.69, 9.17) is 10.5 Å². The van der Waals surface area contributed by atoms with E-state index < -0.39 is 0 Å². The van der Waals surface area contributed by atoms with Crippen LogP contribution < -0.4 is 10.5 Å². The second-order valence-electron chi connectivity index (χ2n) is 4.57. The van der Waals surface area contributed by atoms with Gasteiger partial charge in [0.25, 0.3) is 0 Å². The molecule has 0 radical (unpaired) electrons. The van der Waals surface area contributed by atoms with Crippen molar-refractivity contribution in [2.45, 2.75) is 17.9 Å². The summed E-state index contributed by atoms with van der Waals surface area (Å²) in [5.41, 5.74) is 7.81. The van der Waals surface area contributed by atoms with E-state index in [1.165, 1.54) is 23.6 Å². The zero-order valence-electron chi connectivity index (χ0n) is 11.6. The van der Waals surface area contributed by atoms with E-state index in [9.17, 15) is 4.39 Å². The Kier molecular flexibility index (Phi) is 5.04. The SMILES string of the molecule is COc1ccc(C(N)CSc2ccccc2C)c(F)c1. The summed E-state index contributed by atoms with van der Waals surface area (Å²) < 4.78 is 18.9. The molecule has 2 aromatic carbocycles. The second kappa shape index (κ2) is 6.77. The van der Waals surface area contributed by atoms with Gasteiger partial charge < -0.3 is 10.5 Å². The molecule has 0 spiro atoms. The van der Waals surface area contributed by atoms with E-state index in [0.29, 0.717) is 17.1 Å². The molecule has 2 rings (SSSR count). The van der Waals surface area contributed by atoms with E-state index in [1.54, 1.807) is 23.9 Å². The molecule has 0 saturated heterocycles. The third-order valence-corrected chi connectivity index (χ3v) is 4.41. The number of ether oxygens (including phenoxy) is 1. The van der Waals surface area contributed by atoms with Crippen molar-refractivity contribution in [3.63, 3.8) is 0 Å². The fraction of sp³-hybridized carbons (Fsp3) is 0.250. The molecule has 2 N–H and O–H groups in total. The lowest BCUT2D eigenvalue weighted by Gasteiger charge is -2.14. The number of benzene rings is 2. The Bertz CT molecular complexity index is 588. The van der Waals surface area contributed by atoms with Crippen LogP contribution in [0.25, 0.3) is 0 Å². The number of nitrogens with two attached hydrogens (primary N) is 1. The Hall–Kier alpha value is -1.52. The smallest absolute Gasteiger partial charge is 0.131 e. The van der Waals surface area contributed by atoms with E-state index in [2.05, 4.69) is 19.1 Å². The van der Waals surface area contributed by atoms with Gasteiger partial charge in [0.15, 0.2) is 0 Å². The van der Waals surface area contributed by atoms with Gasteiger partial charge in [-0.05, 0) is 24.6 Å². The van der Waals surface area contributed by atoms with Crippen LogP contribution in [0.3, 0.4) is 0 Å². The molecule has 2 aromatic rings. The monoisotopic (exact) mass is 291 g/mol. The van der Waals surface area contributed by atoms with Gasteiger partial charge in [0, 0.05) is 28.3 Å². The average Bonchev–Trinajstić information content (AvgIpc) is 2.46. The molecule has 0 fully saturated rings. The Morgan fingerprint density at radius 2 is 2.00 bits per heavy atom. The van der Waals surface area contributed by atoms with Crippen molar-refractivity contribution in [3.05, 3.63) is 59.4 Å². The van der Waals surface area contributed by atoms with Crippen LogP contribution >= 0.6 is 11.8 Å². The number of rotatable bonds is 5. The van der Waals surface area contributed by atoms with Gasteiger partial charge in [-0.25, -0.2) is 4.39 Å². The van der Waals surface area contributed by atoms with Crippen LogP contribution in [-0.4, -0.2) is 12.9 Å². The molecule has 0 heterocycles. The summed E-state index contributed by atoms with van der Waals surface area (Å²) in [6.45, 7) is 2.06. The number of methoxy groups -OCH3 is 1. The summed E-state index contributed by atoms with van der Waals surface area (Å²) in [5.74, 6) is 0.820. The molecule has 106 valence electrons. The van der Waals surface area contributed by atoms with Crippen LogP contribution in [0.15, 0.2) is 47.4 Å². The van der Waals surface area contributed by atoms with Crippen LogP contribution in [0.5, 0.6) is 5.75 Å². The minimum atomic E-state index is -0.342. The molecule has 2 nitrogen and oxygen atoms in total. The zero-order valence-corrected chi connectivity index (χ0v) is 12.4. The van der Waals surface area contributed by atoms with Gasteiger partial charge in [0.1, 0.15) is 11.6 Å². The Balaban J connectivity index is 2.05. The van der Waals surface area contributed by atoms with E-state index in [-0.39, 0.29) is 11.9 Å². The average molecular weight is 291 g/mol. The summed E-state index contributed by atoms with van der Waals surface area (Å²) in [5, 5.41) is 0. The first-order valence-corrected chi connectivity index (χ1v) is 7.38. The molecule has 1 atom stereocenters. The Labute approximate surface area is 123 Å². The predicted molar refractivity (Wildman–Crippen MR) is 81.8 cm³/mol. The summed E-state index contributed by atoms with van der Waals surface area (Å²) in [7, 11) is 1.52. The quantitative estimate of drug-likeness (QED) is 0.848. The molecular formula is C16H18FNOS. The fourth-order valence-corrected chi connectivity index (χ4v) is 2.93. The van der Waals surface area contributed by atoms with Crippen molar-refractivity contribution >= 4 is 11.8 Å². The predicted octanol–water partition coefficient (Wildman–Crippen LogP) is 3.93. The lowest BCUT2D eigenvalue weighted by molar-refractivity contribution is 0.410. The first kappa shape index (κ1) is 14.9. The van der Waals surface area contributed by atoms with Gasteiger partial charge in [-0.1, -0.05) is 24.3 Å². The highest BCUT2D eigenvalue weighted by molar-refractivity contribution is 7.99. The highest BCUT2D eigenvalue weighted by Crippen LogP contribution is 2.28. The standard InChI is InChI=1S/C16H18FNOS/c1-11-5-3-4-6-16(11)20-10-15(18)13-8-7-12(19-2)9-14(13)17/h3-9,15H,10,18H2,1-2H3. The molecule has 0 aliphatic heterocycles. The van der Waals surface area contributed by atoms with Gasteiger partial charge in [0.2, 0.25) is 0 Å². The molecule has 0 aromatic heterocycles. The maximum absolute atomic E-state index is 13.9. The van der Waals surface area contributed by atoms with Crippen LogP contribution in [0.4, 0.5) is 4.39 Å². The highest BCUT2D eigenvalue weighted by atomic mass is 32.2. The Morgan fingerprint density at radius 3 is 2.65 bits per heavy atom. The lowest BCUT2D eigenvalue weighted by atomic mass is 10.1. The van der Waals surface area contributed by atoms with Crippen molar-refractivity contribution in [2.75, 3.05) is 12.9 Å². The molecule has 1 unspecified atom stereocenters. The van der Waals surface area contributed by atoms with Crippen LogP contribution in [0.2, 0.25) is 0 Å². The summed E-state index contributed by atoms with van der Waals surface area (Å²) >= 11 is 1.65. The molecule has 0 saturated carbocycles. The molecule has 0 aliphatic carbocycles. The van der Waals surface area contributed by atoms with E-state index >= 15 is 0 Å². The van der Waals surface area contributed by atoms with Crippen molar-refractivity contribution in [3.8, 4) is 5.75 Å². The van der Waals surface area contributed by atoms with Gasteiger partial charge in [-0.15, -0.1) is 11.8 Å². The zero-order chi connectivity index (χ0) is 14.5. The topological polar surface area (TPSA) is 35.2 Å². The summed E-state index contributed by atoms with van der Waals surface area (Å²) in [6.07, 6.45) is 0. The van der Waals surface area contributed by atoms with Gasteiger partial charge in [-0.2, -0.15) is 0 Å². The van der Waals surface area contributed by atoms with Crippen LogP contribution in [-0.2, 0) is 0 Å². The molecule has 0 aliphatic rings. The minimum absolute atomic E-state index is 0.317. The van der Waals surface area contributed by atoms with Crippen molar-refractivity contribution in [2.24, 2.45) is 5.73 Å². The number of halogens is 1. The maximum Gasteiger partial charge on any atom is 0.131 e. The van der Waals surface area contributed by atoms with Crippen LogP contribution in [0, 0.1) is 12.7 Å². The maximum atomic E-state index is 13.9. The van der Waals surface area contributed by atoms with Crippen molar-refractivity contribution in [1.29, 1.82) is 0 Å². The number of hydrogen-bond acceptors (Lipinski definition) is 3. The minimum Gasteiger partial charge on any atom is -0.497 e. The third-order valence-electron chi connectivity index (χ3n) is 3.12. The van der Waals surface area contributed by atoms with Gasteiger partial charge in [0.05, 0.1) is 7.11 Å². The third kappa shape index (κ3) is 3.52. The number of hydrogen-bond donors (Lipinski definition) is 1. The van der Waals surface area contributed by atoms with E-state index in [0.717, 1.165) is 0 Å². The number of thioether (sulfide) groups is 1. The normalized spacial score (nSPS) is 12.2. The number of aryl methyl sites for hydroxylation is 1. The van der Waals surface area contributed by atoms with Crippen LogP contribution in [0.1, 0.15) is 17.2 Å². The first-order chi connectivity index (χ1) is 9.61. The largest absolute Gasteiger partial charge is 0.497 e. The second-order valence-corrected chi connectivity index (χ2v) is 5.63. The molecule has 0 bridgehead atoms. The van der Waals surface area contributed by atoms with Gasteiger partial charge >= 0.3 is 0 Å². The van der Waals surface area contributed by atoms with Gasteiger partial charge in [-0.3, -0.25) is 0 Å². The molecule has 4 heteroatoms. The Morgan fingerprint density at radius 1 is 1.25 bits per heavy atom. The molecule has 0 amide bonds. The lowest BCUT2D eigenvalue weighted by Crippen LogP contribution is -2.14. The van der Waals surface area contributed by atoms with E-state index in [1.807, 2.05) is 12.1 Å². The fourth-order valence-electron chi connectivity index (χ4n) is 1.92. The summed E-state index contributed by atoms with van der Waals surface area (Å²) in [4.78, 5) is 1.18. The highest BCUT2D eigenvalue weighted by Gasteiger charge is 2.13.